The molecule has 0 aromatic carbocycles. The van der Waals surface area contributed by atoms with Gasteiger partial charge >= 0.3 is 0 Å². The molecule has 0 spiro atoms. The zero-order valence-electron chi connectivity index (χ0n) is 13.1. The highest BCUT2D eigenvalue weighted by atomic mass is 16.2. The minimum absolute atomic E-state index is 0.00765. The maximum Gasteiger partial charge on any atom is 0.247 e. The molecule has 4 nitrogen and oxygen atoms in total. The summed E-state index contributed by atoms with van der Waals surface area (Å²) in [6, 6.07) is -0.135. The van der Waals surface area contributed by atoms with Crippen molar-refractivity contribution in [1.82, 2.24) is 10.2 Å². The highest BCUT2D eigenvalue weighted by molar-refractivity contribution is 6.05. The summed E-state index contributed by atoms with van der Waals surface area (Å²) >= 11 is 0. The minimum atomic E-state index is -0.303. The van der Waals surface area contributed by atoms with Gasteiger partial charge in [-0.05, 0) is 32.1 Å². The summed E-state index contributed by atoms with van der Waals surface area (Å²) in [4.78, 5) is 26.3. The Morgan fingerprint density at radius 2 is 1.65 bits per heavy atom. The van der Waals surface area contributed by atoms with Crippen LogP contribution in [0, 0.1) is 0 Å². The Kier molecular flexibility index (Phi) is 4.84. The average molecular weight is 280 g/mol. The van der Waals surface area contributed by atoms with Gasteiger partial charge in [-0.15, -0.1) is 0 Å². The summed E-state index contributed by atoms with van der Waals surface area (Å²) in [7, 11) is 0. The van der Waals surface area contributed by atoms with E-state index < -0.39 is 0 Å². The third kappa shape index (κ3) is 2.76. The van der Waals surface area contributed by atoms with E-state index in [2.05, 4.69) is 26.1 Å². The van der Waals surface area contributed by atoms with Gasteiger partial charge in [0.1, 0.15) is 0 Å². The van der Waals surface area contributed by atoms with E-state index in [0.29, 0.717) is 6.42 Å². The van der Waals surface area contributed by atoms with E-state index in [4.69, 9.17) is 0 Å². The Hall–Kier alpha value is -0.900. The molecule has 0 aromatic heterocycles. The van der Waals surface area contributed by atoms with Crippen LogP contribution in [0.15, 0.2) is 0 Å². The van der Waals surface area contributed by atoms with Crippen LogP contribution in [-0.2, 0) is 9.59 Å². The van der Waals surface area contributed by atoms with Crippen LogP contribution in [0.5, 0.6) is 0 Å². The zero-order chi connectivity index (χ0) is 14.8. The molecule has 4 heteroatoms. The molecule has 0 aromatic rings. The fourth-order valence-electron chi connectivity index (χ4n) is 3.74. The largest absolute Gasteiger partial charge is 0.300 e. The van der Waals surface area contributed by atoms with Gasteiger partial charge in [-0.1, -0.05) is 33.6 Å². The molecule has 0 bridgehead atoms. The number of nitrogens with one attached hydrogen (secondary N) is 1. The highest BCUT2D eigenvalue weighted by Crippen LogP contribution is 2.30. The van der Waals surface area contributed by atoms with E-state index in [9.17, 15) is 9.59 Å². The van der Waals surface area contributed by atoms with Gasteiger partial charge in [-0.25, -0.2) is 0 Å². The number of imide groups is 1. The van der Waals surface area contributed by atoms with E-state index >= 15 is 0 Å². The molecular weight excluding hydrogens is 252 g/mol. The van der Waals surface area contributed by atoms with Gasteiger partial charge in [0.2, 0.25) is 11.8 Å². The number of carbonyl (C=O) groups is 2. The number of rotatable bonds is 6. The van der Waals surface area contributed by atoms with Crippen LogP contribution in [0.2, 0.25) is 0 Å². The first-order chi connectivity index (χ1) is 9.56. The normalized spacial score (nSPS) is 24.9. The first-order valence-electron chi connectivity index (χ1n) is 8.20. The molecule has 2 aliphatic rings. The second kappa shape index (κ2) is 6.25. The van der Waals surface area contributed by atoms with Crippen LogP contribution in [0.4, 0.5) is 0 Å². The van der Waals surface area contributed by atoms with E-state index in [-0.39, 0.29) is 29.4 Å². The molecule has 114 valence electrons. The van der Waals surface area contributed by atoms with Crippen LogP contribution in [-0.4, -0.2) is 34.3 Å². The number of nitrogens with zero attached hydrogens (tertiary/aromatic N) is 1. The molecule has 1 saturated carbocycles. The number of hydrogen-bond acceptors (Lipinski definition) is 3. The molecule has 1 aliphatic carbocycles. The van der Waals surface area contributed by atoms with Crippen molar-refractivity contribution in [1.29, 1.82) is 0 Å². The Morgan fingerprint density at radius 1 is 1.10 bits per heavy atom. The average Bonchev–Trinajstić information content (AvgIpc) is 3.05. The fourth-order valence-corrected chi connectivity index (χ4v) is 3.74. The predicted molar refractivity (Wildman–Crippen MR) is 79.3 cm³/mol. The summed E-state index contributed by atoms with van der Waals surface area (Å²) in [6.07, 6.45) is 7.57. The van der Waals surface area contributed by atoms with Crippen molar-refractivity contribution in [3.8, 4) is 0 Å². The van der Waals surface area contributed by atoms with Gasteiger partial charge in [-0.2, -0.15) is 0 Å². The highest BCUT2D eigenvalue weighted by Gasteiger charge is 2.45. The van der Waals surface area contributed by atoms with E-state index in [1.54, 1.807) is 4.90 Å². The molecule has 2 rings (SSSR count). The summed E-state index contributed by atoms with van der Waals surface area (Å²) in [5, 5.41) is 3.50. The lowest BCUT2D eigenvalue weighted by Gasteiger charge is -2.34. The molecule has 20 heavy (non-hydrogen) atoms. The van der Waals surface area contributed by atoms with E-state index in [0.717, 1.165) is 44.9 Å². The van der Waals surface area contributed by atoms with Gasteiger partial charge in [0.15, 0.2) is 0 Å². The molecule has 2 fully saturated rings. The van der Waals surface area contributed by atoms with Gasteiger partial charge < -0.3 is 0 Å². The van der Waals surface area contributed by atoms with E-state index in [1.165, 1.54) is 0 Å². The molecule has 2 amide bonds. The Morgan fingerprint density at radius 3 is 2.15 bits per heavy atom. The fraction of sp³-hybridized carbons (Fsp3) is 0.875. The van der Waals surface area contributed by atoms with Gasteiger partial charge in [0, 0.05) is 11.6 Å². The molecule has 1 aliphatic heterocycles. The summed E-state index contributed by atoms with van der Waals surface area (Å²) in [5.74, 6) is 0.0400. The number of likely N-dealkylation sites (tertiary alicyclic amines) is 1. The Bertz CT molecular complexity index is 362. The van der Waals surface area contributed by atoms with E-state index in [1.807, 2.05) is 0 Å². The maximum absolute atomic E-state index is 12.6. The summed E-state index contributed by atoms with van der Waals surface area (Å²) < 4.78 is 0. The van der Waals surface area contributed by atoms with Gasteiger partial charge in [0.25, 0.3) is 0 Å². The van der Waals surface area contributed by atoms with Crippen molar-refractivity contribution in [2.45, 2.75) is 89.8 Å². The topological polar surface area (TPSA) is 49.4 Å². The second-order valence-corrected chi connectivity index (χ2v) is 6.28. The van der Waals surface area contributed by atoms with Crippen LogP contribution in [0.1, 0.15) is 72.1 Å². The third-order valence-electron chi connectivity index (χ3n) is 5.38. The first-order valence-corrected chi connectivity index (χ1v) is 8.20. The predicted octanol–water partition coefficient (Wildman–Crippen LogP) is 2.61. The summed E-state index contributed by atoms with van der Waals surface area (Å²) in [6.45, 7) is 6.45. The summed E-state index contributed by atoms with van der Waals surface area (Å²) in [5.41, 5.74) is -0.00765. The van der Waals surface area contributed by atoms with Crippen LogP contribution in [0.25, 0.3) is 0 Å². The van der Waals surface area contributed by atoms with Gasteiger partial charge in [-0.3, -0.25) is 19.8 Å². The molecular formula is C16H28N2O2. The van der Waals surface area contributed by atoms with Crippen molar-refractivity contribution in [2.24, 2.45) is 0 Å². The number of amides is 2. The lowest BCUT2D eigenvalue weighted by Crippen LogP contribution is -2.52. The second-order valence-electron chi connectivity index (χ2n) is 6.28. The quantitative estimate of drug-likeness (QED) is 0.761. The van der Waals surface area contributed by atoms with Gasteiger partial charge in [0.05, 0.1) is 12.5 Å². The number of hydrogen-bond donors (Lipinski definition) is 1. The third-order valence-corrected chi connectivity index (χ3v) is 5.38. The van der Waals surface area contributed by atoms with Crippen molar-refractivity contribution < 1.29 is 9.59 Å². The molecule has 1 saturated heterocycles. The lowest BCUT2D eigenvalue weighted by atomic mass is 9.88. The maximum atomic E-state index is 12.6. The lowest BCUT2D eigenvalue weighted by molar-refractivity contribution is -0.141. The van der Waals surface area contributed by atoms with Crippen LogP contribution >= 0.6 is 0 Å². The minimum Gasteiger partial charge on any atom is -0.300 e. The Labute approximate surface area is 122 Å². The molecule has 1 N–H and O–H groups in total. The SMILES string of the molecule is CCC(CC)(CC)NC1CC(=O)N(C2CCCC2)C1=O. The van der Waals surface area contributed by atoms with Crippen molar-refractivity contribution in [2.75, 3.05) is 0 Å². The van der Waals surface area contributed by atoms with Crippen molar-refractivity contribution >= 4 is 11.8 Å². The van der Waals surface area contributed by atoms with Crippen LogP contribution < -0.4 is 5.32 Å². The van der Waals surface area contributed by atoms with Crippen LogP contribution in [0.3, 0.4) is 0 Å². The first kappa shape index (κ1) is 15.5. The van der Waals surface area contributed by atoms with Crippen molar-refractivity contribution in [3.63, 3.8) is 0 Å². The monoisotopic (exact) mass is 280 g/mol. The number of carbonyl (C=O) groups excluding carboxylic acids is 2. The molecule has 0 radical (unpaired) electrons. The standard InChI is InChI=1S/C16H28N2O2/c1-4-16(5-2,6-3)17-13-11-14(19)18(15(13)20)12-9-7-8-10-12/h12-13,17H,4-11H2,1-3H3. The van der Waals surface area contributed by atoms with Crippen molar-refractivity contribution in [3.05, 3.63) is 0 Å². The molecule has 1 heterocycles. The molecule has 1 atom stereocenters. The zero-order valence-corrected chi connectivity index (χ0v) is 13.1. The smallest absolute Gasteiger partial charge is 0.247 e. The Balaban J connectivity index is 2.07. The molecule has 1 unspecified atom stereocenters.